The van der Waals surface area contributed by atoms with Gasteiger partial charge in [-0.3, -0.25) is 0 Å². The number of halogens is 2. The maximum absolute atomic E-state index is 12.9. The molecule has 0 unspecified atom stereocenters. The average molecular weight is 411 g/mol. The number of carboxylic acids is 1. The van der Waals surface area contributed by atoms with Gasteiger partial charge in [0, 0.05) is 31.0 Å². The van der Waals surface area contributed by atoms with Gasteiger partial charge in [-0.2, -0.15) is 0 Å². The molecule has 1 aliphatic rings. The summed E-state index contributed by atoms with van der Waals surface area (Å²) in [6.45, 7) is 9.40. The van der Waals surface area contributed by atoms with E-state index in [1.165, 1.54) is 0 Å². The fraction of sp³-hybridized carbons (Fsp3) is 0.667. The van der Waals surface area contributed by atoms with Crippen molar-refractivity contribution in [2.45, 2.75) is 71.1 Å². The Morgan fingerprint density at radius 3 is 2.43 bits per heavy atom. The number of alkyl halides is 2. The summed E-state index contributed by atoms with van der Waals surface area (Å²) in [5.74, 6) is -1.66. The van der Waals surface area contributed by atoms with Gasteiger partial charge in [0.05, 0.1) is 15.7 Å². The summed E-state index contributed by atoms with van der Waals surface area (Å²) in [5.41, 5.74) is -1.22. The zero-order valence-corrected chi connectivity index (χ0v) is 17.8. The summed E-state index contributed by atoms with van der Waals surface area (Å²) >= 11 is 0.454. The van der Waals surface area contributed by atoms with Gasteiger partial charge in [0.25, 0.3) is 6.43 Å². The second-order valence-corrected chi connectivity index (χ2v) is 9.19. The van der Waals surface area contributed by atoms with Crippen LogP contribution in [0.4, 0.5) is 13.6 Å². The summed E-state index contributed by atoms with van der Waals surface area (Å²) in [5, 5.41) is 11.2. The van der Waals surface area contributed by atoms with Gasteiger partial charge in [0.1, 0.15) is 17.5 Å². The van der Waals surface area contributed by atoms with Crippen LogP contribution in [-0.2, 0) is 4.74 Å². The first kappa shape index (κ1) is 24.7. The molecule has 1 fully saturated rings. The van der Waals surface area contributed by atoms with Crippen molar-refractivity contribution < 1.29 is 51.8 Å². The number of hydrogen-bond donors (Lipinski definition) is 0. The molecule has 6 nitrogen and oxygen atoms in total. The predicted octanol–water partition coefficient (Wildman–Crippen LogP) is 0.610. The number of piperidine rings is 1. The first-order valence-corrected chi connectivity index (χ1v) is 9.42. The normalized spacial score (nSPS) is 19.1. The van der Waals surface area contributed by atoms with E-state index < -0.39 is 35.7 Å². The Hall–Kier alpha value is -1.30. The molecule has 1 saturated heterocycles. The second-order valence-electron chi connectivity index (χ2n) is 8.11. The van der Waals surface area contributed by atoms with E-state index in [0.29, 0.717) is 30.7 Å². The third-order valence-corrected chi connectivity index (χ3v) is 5.26. The summed E-state index contributed by atoms with van der Waals surface area (Å²) in [6.07, 6.45) is -2.81. The number of rotatable bonds is 4. The van der Waals surface area contributed by atoms with Gasteiger partial charge in [0.2, 0.25) is 0 Å². The molecule has 0 saturated carbocycles. The second kappa shape index (κ2) is 9.02. The van der Waals surface area contributed by atoms with Crippen molar-refractivity contribution in [3.8, 4) is 5.75 Å². The van der Waals surface area contributed by atoms with Crippen LogP contribution in [-0.4, -0.2) is 40.8 Å². The number of thiophene rings is 1. The molecule has 1 aromatic heterocycles. The third-order valence-electron chi connectivity index (χ3n) is 4.16. The summed E-state index contributed by atoms with van der Waals surface area (Å²) in [7, 11) is 0. The van der Waals surface area contributed by atoms with Crippen molar-refractivity contribution in [3.63, 3.8) is 0 Å². The molecule has 10 heteroatoms. The topological polar surface area (TPSA) is 78.9 Å². The van der Waals surface area contributed by atoms with Gasteiger partial charge in [-0.15, -0.1) is 11.3 Å². The summed E-state index contributed by atoms with van der Waals surface area (Å²) in [4.78, 5) is 24.5. The van der Waals surface area contributed by atoms with E-state index in [1.807, 2.05) is 13.8 Å². The molecule has 2 heterocycles. The molecular formula is C18H24F2LiNO5S. The van der Waals surface area contributed by atoms with Crippen molar-refractivity contribution in [2.24, 2.45) is 0 Å². The molecule has 1 aromatic rings. The van der Waals surface area contributed by atoms with Gasteiger partial charge in [0.15, 0.2) is 0 Å². The van der Waals surface area contributed by atoms with E-state index in [2.05, 4.69) is 0 Å². The smallest absolute Gasteiger partial charge is 0.544 e. The molecule has 152 valence electrons. The first-order chi connectivity index (χ1) is 12.3. The Morgan fingerprint density at radius 2 is 1.96 bits per heavy atom. The first-order valence-electron chi connectivity index (χ1n) is 8.60. The summed E-state index contributed by atoms with van der Waals surface area (Å²) in [6, 6.07) is 1.05. The van der Waals surface area contributed by atoms with Gasteiger partial charge in [-0.05, 0) is 34.6 Å². The molecule has 0 aliphatic carbocycles. The van der Waals surface area contributed by atoms with Crippen molar-refractivity contribution in [1.82, 2.24) is 4.90 Å². The number of carboxylic acid groups (broad SMARTS) is 1. The Bertz CT molecular complexity index is 717. The number of likely N-dealkylation sites (tertiary alicyclic amines) is 1. The van der Waals surface area contributed by atoms with Crippen LogP contribution in [0.3, 0.4) is 0 Å². The molecule has 0 spiro atoms. The molecule has 0 bridgehead atoms. The molecule has 28 heavy (non-hydrogen) atoms. The van der Waals surface area contributed by atoms with E-state index in [-0.39, 0.29) is 34.4 Å². The van der Waals surface area contributed by atoms with Crippen molar-refractivity contribution in [2.75, 3.05) is 6.54 Å². The quantitative estimate of drug-likeness (QED) is 0.679. The number of nitrogens with zero attached hydrogens (tertiary/aromatic N) is 1. The molecule has 2 rings (SSSR count). The minimum Gasteiger partial charge on any atom is -0.544 e. The van der Waals surface area contributed by atoms with E-state index in [0.717, 1.165) is 6.07 Å². The van der Waals surface area contributed by atoms with Crippen LogP contribution >= 0.6 is 11.3 Å². The summed E-state index contributed by atoms with van der Waals surface area (Å²) < 4.78 is 36.9. The minimum atomic E-state index is -2.78. The van der Waals surface area contributed by atoms with Gasteiger partial charge >= 0.3 is 25.0 Å². The van der Waals surface area contributed by atoms with Crippen LogP contribution in [0.2, 0.25) is 0 Å². The van der Waals surface area contributed by atoms with Crippen LogP contribution in [0.1, 0.15) is 68.4 Å². The SMILES string of the molecule is CC(C)(C)OC(=O)N1CC[C@@H](Oc2cc(C(F)F)sc2C(=O)[O-])CC1(C)C.[Li+]. The molecule has 0 N–H and O–H groups in total. The molecule has 1 atom stereocenters. The number of hydrogen-bond acceptors (Lipinski definition) is 6. The fourth-order valence-corrected chi connectivity index (χ4v) is 3.79. The fourth-order valence-electron chi connectivity index (χ4n) is 3.01. The van der Waals surface area contributed by atoms with Crippen LogP contribution < -0.4 is 28.7 Å². The Kier molecular flexibility index (Phi) is 7.96. The molecule has 0 aromatic carbocycles. The standard InChI is InChI=1S/C18H25F2NO5S.Li/c1-17(2,3)26-16(24)21-7-6-10(9-18(21,4)5)25-11-8-12(14(19)20)27-13(11)15(22)23;/h8,10,14H,6-7,9H2,1-5H3,(H,22,23);/q;+1/p-1/t10-;/m1./s1. The van der Waals surface area contributed by atoms with Gasteiger partial charge < -0.3 is 24.3 Å². The van der Waals surface area contributed by atoms with Crippen molar-refractivity contribution in [1.29, 1.82) is 0 Å². The van der Waals surface area contributed by atoms with E-state index in [4.69, 9.17) is 9.47 Å². The molecule has 1 amide bonds. The average Bonchev–Trinajstić information content (AvgIpc) is 2.88. The Balaban J connectivity index is 0.00000392. The van der Waals surface area contributed by atoms with Crippen molar-refractivity contribution >= 4 is 23.4 Å². The van der Waals surface area contributed by atoms with E-state index in [1.54, 1.807) is 25.7 Å². The van der Waals surface area contributed by atoms with Crippen LogP contribution in [0, 0.1) is 0 Å². The monoisotopic (exact) mass is 411 g/mol. The van der Waals surface area contributed by atoms with Crippen LogP contribution in [0.25, 0.3) is 0 Å². The largest absolute Gasteiger partial charge is 1.00 e. The van der Waals surface area contributed by atoms with E-state index >= 15 is 0 Å². The maximum Gasteiger partial charge on any atom is 1.00 e. The molecule has 1 aliphatic heterocycles. The maximum atomic E-state index is 12.9. The third kappa shape index (κ3) is 6.10. The van der Waals surface area contributed by atoms with Gasteiger partial charge in [-0.25, -0.2) is 13.6 Å². The number of carbonyl (C=O) groups excluding carboxylic acids is 2. The number of amides is 1. The zero-order chi connectivity index (χ0) is 20.6. The van der Waals surface area contributed by atoms with E-state index in [9.17, 15) is 23.5 Å². The minimum absolute atomic E-state index is 0. The molecular weight excluding hydrogens is 387 g/mol. The van der Waals surface area contributed by atoms with Crippen LogP contribution in [0.15, 0.2) is 6.07 Å². The predicted molar refractivity (Wildman–Crippen MR) is 94.3 cm³/mol. The van der Waals surface area contributed by atoms with Crippen molar-refractivity contribution in [3.05, 3.63) is 15.8 Å². The number of carbonyl (C=O) groups is 2. The zero-order valence-electron chi connectivity index (χ0n) is 17.0. The number of aromatic carboxylic acids is 1. The van der Waals surface area contributed by atoms with Crippen LogP contribution in [0.5, 0.6) is 5.75 Å². The van der Waals surface area contributed by atoms with Gasteiger partial charge in [-0.1, -0.05) is 0 Å². The Labute approximate surface area is 179 Å². The molecule has 0 radical (unpaired) electrons. The Morgan fingerprint density at radius 1 is 1.36 bits per heavy atom. The number of ether oxygens (including phenoxy) is 2.